The minimum absolute atomic E-state index is 0.588. The Balaban J connectivity index is 1.17. The minimum atomic E-state index is 0.588. The third kappa shape index (κ3) is 4.60. The molecular weight excluding hydrogens is 613 g/mol. The molecule has 7 aromatic carbocycles. The van der Waals surface area contributed by atoms with Gasteiger partial charge in [-0.05, 0) is 59.7 Å². The summed E-state index contributed by atoms with van der Waals surface area (Å²) >= 11 is 0. The molecule has 0 radical (unpaired) electrons. The third-order valence-electron chi connectivity index (χ3n) is 9.44. The summed E-state index contributed by atoms with van der Waals surface area (Å²) < 4.78 is 8.97. The maximum absolute atomic E-state index is 6.62. The van der Waals surface area contributed by atoms with Gasteiger partial charge in [0.05, 0.1) is 16.4 Å². The maximum Gasteiger partial charge on any atom is 0.164 e. The molecule has 0 aliphatic carbocycles. The zero-order valence-corrected chi connectivity index (χ0v) is 26.9. The van der Waals surface area contributed by atoms with Crippen LogP contribution >= 0.6 is 0 Å². The van der Waals surface area contributed by atoms with E-state index in [0.29, 0.717) is 17.5 Å². The molecule has 234 valence electrons. The summed E-state index contributed by atoms with van der Waals surface area (Å²) in [6.45, 7) is 0. The van der Waals surface area contributed by atoms with E-state index in [1.807, 2.05) is 36.4 Å². The van der Waals surface area contributed by atoms with Crippen molar-refractivity contribution in [2.45, 2.75) is 0 Å². The van der Waals surface area contributed by atoms with Crippen molar-refractivity contribution >= 4 is 43.7 Å². The summed E-state index contributed by atoms with van der Waals surface area (Å²) in [7, 11) is 0. The lowest BCUT2D eigenvalue weighted by Crippen LogP contribution is -2.00. The summed E-state index contributed by atoms with van der Waals surface area (Å²) in [5.74, 6) is 1.82. The van der Waals surface area contributed by atoms with E-state index in [1.54, 1.807) is 0 Å². The lowest BCUT2D eigenvalue weighted by atomic mass is 10.0. The van der Waals surface area contributed by atoms with Crippen molar-refractivity contribution in [1.82, 2.24) is 19.5 Å². The highest BCUT2D eigenvalue weighted by Gasteiger charge is 2.20. The van der Waals surface area contributed by atoms with Crippen molar-refractivity contribution in [3.63, 3.8) is 0 Å². The Hall–Kier alpha value is -6.85. The molecule has 0 unspecified atom stereocenters. The van der Waals surface area contributed by atoms with Crippen molar-refractivity contribution in [1.29, 1.82) is 0 Å². The number of nitrogens with zero attached hydrogens (tertiary/aromatic N) is 4. The smallest absolute Gasteiger partial charge is 0.164 e. The van der Waals surface area contributed by atoms with Crippen LogP contribution in [0.15, 0.2) is 174 Å². The second-order valence-corrected chi connectivity index (χ2v) is 12.5. The summed E-state index contributed by atoms with van der Waals surface area (Å²) in [5.41, 5.74) is 9.98. The van der Waals surface area contributed by atoms with Gasteiger partial charge in [0.25, 0.3) is 0 Å². The second kappa shape index (κ2) is 11.4. The standard InChI is InChI=1S/C45H28N4O/c1-4-13-29(14-5-1)31-17-12-18-32(27-31)44-46-43(30-15-6-2-7-16-30)47-45(48-44)33-23-24-37-40(28-33)50-39-26-25-36-35-21-10-11-22-38(35)49(42(36)41(37)39)34-19-8-3-9-20-34/h1-28H. The first-order valence-corrected chi connectivity index (χ1v) is 16.7. The molecule has 0 bridgehead atoms. The van der Waals surface area contributed by atoms with Crippen LogP contribution in [0.4, 0.5) is 0 Å². The molecule has 0 fully saturated rings. The van der Waals surface area contributed by atoms with E-state index in [1.165, 1.54) is 10.8 Å². The fourth-order valence-corrected chi connectivity index (χ4v) is 7.12. The Labute approximate surface area is 287 Å². The fraction of sp³-hybridized carbons (Fsp3) is 0. The van der Waals surface area contributed by atoms with Gasteiger partial charge in [0.15, 0.2) is 17.5 Å². The molecule has 10 aromatic rings. The van der Waals surface area contributed by atoms with Gasteiger partial charge in [-0.2, -0.15) is 0 Å². The molecule has 5 heteroatoms. The van der Waals surface area contributed by atoms with Gasteiger partial charge in [-0.25, -0.2) is 15.0 Å². The third-order valence-corrected chi connectivity index (χ3v) is 9.44. The van der Waals surface area contributed by atoms with Gasteiger partial charge in [-0.3, -0.25) is 0 Å². The monoisotopic (exact) mass is 640 g/mol. The van der Waals surface area contributed by atoms with E-state index >= 15 is 0 Å². The Morgan fingerprint density at radius 3 is 1.72 bits per heavy atom. The number of fused-ring (bicyclic) bond motifs is 7. The number of benzene rings is 7. The molecule has 0 aliphatic heterocycles. The van der Waals surface area contributed by atoms with Gasteiger partial charge in [-0.1, -0.05) is 121 Å². The summed E-state index contributed by atoms with van der Waals surface area (Å²) in [5, 5.41) is 4.53. The first-order valence-electron chi connectivity index (χ1n) is 16.7. The van der Waals surface area contributed by atoms with E-state index in [-0.39, 0.29) is 0 Å². The molecule has 0 saturated carbocycles. The SMILES string of the molecule is c1ccc(-c2cccc(-c3nc(-c4ccccc4)nc(-c4ccc5c(c4)oc4ccc6c7ccccc7n(-c7ccccc7)c6c45)n3)c2)cc1. The molecule has 50 heavy (non-hydrogen) atoms. The number of hydrogen-bond acceptors (Lipinski definition) is 4. The zero-order chi connectivity index (χ0) is 33.0. The van der Waals surface area contributed by atoms with Crippen LogP contribution in [0.1, 0.15) is 0 Å². The summed E-state index contributed by atoms with van der Waals surface area (Å²) in [4.78, 5) is 15.0. The topological polar surface area (TPSA) is 56.7 Å². The lowest BCUT2D eigenvalue weighted by molar-refractivity contribution is 0.669. The van der Waals surface area contributed by atoms with E-state index in [4.69, 9.17) is 19.4 Å². The van der Waals surface area contributed by atoms with Crippen molar-refractivity contribution < 1.29 is 4.42 Å². The molecule has 0 amide bonds. The van der Waals surface area contributed by atoms with Crippen LogP contribution in [-0.2, 0) is 0 Å². The van der Waals surface area contributed by atoms with Crippen LogP contribution in [0.2, 0.25) is 0 Å². The molecule has 0 N–H and O–H groups in total. The molecule has 10 rings (SSSR count). The predicted octanol–water partition coefficient (Wildman–Crippen LogP) is 11.5. The molecule has 0 spiro atoms. The summed E-state index contributed by atoms with van der Waals surface area (Å²) in [6, 6.07) is 58.5. The van der Waals surface area contributed by atoms with Crippen molar-refractivity contribution in [3.8, 4) is 51.0 Å². The zero-order valence-electron chi connectivity index (χ0n) is 26.9. The van der Waals surface area contributed by atoms with Crippen LogP contribution in [0, 0.1) is 0 Å². The van der Waals surface area contributed by atoms with Crippen LogP contribution in [0.25, 0.3) is 94.7 Å². The van der Waals surface area contributed by atoms with E-state index < -0.39 is 0 Å². The number of aromatic nitrogens is 4. The molecule has 0 saturated heterocycles. The highest BCUT2D eigenvalue weighted by Crippen LogP contribution is 2.41. The lowest BCUT2D eigenvalue weighted by Gasteiger charge is -2.10. The van der Waals surface area contributed by atoms with Crippen molar-refractivity contribution in [2.24, 2.45) is 0 Å². The van der Waals surface area contributed by atoms with Gasteiger partial charge < -0.3 is 8.98 Å². The first-order chi connectivity index (χ1) is 24.8. The van der Waals surface area contributed by atoms with Gasteiger partial charge in [0.1, 0.15) is 11.2 Å². The van der Waals surface area contributed by atoms with Gasteiger partial charge in [0.2, 0.25) is 0 Å². The number of rotatable bonds is 5. The highest BCUT2D eigenvalue weighted by molar-refractivity contribution is 6.24. The quantitative estimate of drug-likeness (QED) is 0.188. The van der Waals surface area contributed by atoms with Crippen LogP contribution in [0.3, 0.4) is 0 Å². The Kier molecular flexibility index (Phi) is 6.42. The number of hydrogen-bond donors (Lipinski definition) is 0. The van der Waals surface area contributed by atoms with Crippen molar-refractivity contribution in [2.75, 3.05) is 0 Å². The number of para-hydroxylation sites is 2. The maximum atomic E-state index is 6.62. The number of furan rings is 1. The fourth-order valence-electron chi connectivity index (χ4n) is 7.12. The highest BCUT2D eigenvalue weighted by atomic mass is 16.3. The average Bonchev–Trinajstić information content (AvgIpc) is 3.74. The Morgan fingerprint density at radius 2 is 0.960 bits per heavy atom. The molecular formula is C45H28N4O. The molecule has 5 nitrogen and oxygen atoms in total. The molecule has 0 atom stereocenters. The molecule has 3 heterocycles. The van der Waals surface area contributed by atoms with Gasteiger partial charge in [-0.15, -0.1) is 0 Å². The molecule has 3 aromatic heterocycles. The van der Waals surface area contributed by atoms with E-state index in [0.717, 1.165) is 66.5 Å². The van der Waals surface area contributed by atoms with Crippen LogP contribution < -0.4 is 0 Å². The van der Waals surface area contributed by atoms with E-state index in [9.17, 15) is 0 Å². The van der Waals surface area contributed by atoms with E-state index in [2.05, 4.69) is 138 Å². The summed E-state index contributed by atoms with van der Waals surface area (Å²) in [6.07, 6.45) is 0. The van der Waals surface area contributed by atoms with Gasteiger partial charge in [0, 0.05) is 38.5 Å². The predicted molar refractivity (Wildman–Crippen MR) is 203 cm³/mol. The molecule has 0 aliphatic rings. The van der Waals surface area contributed by atoms with Crippen LogP contribution in [-0.4, -0.2) is 19.5 Å². The van der Waals surface area contributed by atoms with Crippen LogP contribution in [0.5, 0.6) is 0 Å². The second-order valence-electron chi connectivity index (χ2n) is 12.5. The Bertz CT molecular complexity index is 2860. The largest absolute Gasteiger partial charge is 0.456 e. The normalized spacial score (nSPS) is 11.6. The van der Waals surface area contributed by atoms with Gasteiger partial charge >= 0.3 is 0 Å². The van der Waals surface area contributed by atoms with Crippen molar-refractivity contribution in [3.05, 3.63) is 170 Å². The first kappa shape index (κ1) is 28.2. The Morgan fingerprint density at radius 1 is 0.380 bits per heavy atom. The average molecular weight is 641 g/mol. The minimum Gasteiger partial charge on any atom is -0.456 e.